The van der Waals surface area contributed by atoms with Crippen LogP contribution in [0.1, 0.15) is 31.7 Å². The van der Waals surface area contributed by atoms with Gasteiger partial charge in [-0.25, -0.2) is 0 Å². The molecule has 0 saturated heterocycles. The number of benzene rings is 1. The van der Waals surface area contributed by atoms with Gasteiger partial charge in [-0.15, -0.1) is 0 Å². The molecular formula is C14H21N. The van der Waals surface area contributed by atoms with Crippen molar-refractivity contribution in [2.45, 2.75) is 38.6 Å². The van der Waals surface area contributed by atoms with E-state index in [1.54, 1.807) is 0 Å². The average Bonchev–Trinajstić information content (AvgIpc) is 3.09. The monoisotopic (exact) mass is 203 g/mol. The second-order valence-corrected chi connectivity index (χ2v) is 4.59. The molecule has 82 valence electrons. The predicted octanol–water partition coefficient (Wildman–Crippen LogP) is 3.01. The molecule has 1 nitrogen and oxygen atoms in total. The van der Waals surface area contributed by atoms with Crippen LogP contribution >= 0.6 is 0 Å². The lowest BCUT2D eigenvalue weighted by atomic mass is 10.0. The first-order chi connectivity index (χ1) is 7.40. The van der Waals surface area contributed by atoms with Crippen LogP contribution in [0.2, 0.25) is 0 Å². The van der Waals surface area contributed by atoms with Gasteiger partial charge in [0.15, 0.2) is 0 Å². The molecule has 0 heterocycles. The van der Waals surface area contributed by atoms with Gasteiger partial charge in [-0.3, -0.25) is 0 Å². The maximum absolute atomic E-state index is 3.68. The zero-order valence-corrected chi connectivity index (χ0v) is 9.58. The van der Waals surface area contributed by atoms with Gasteiger partial charge >= 0.3 is 0 Å². The molecule has 0 aromatic heterocycles. The zero-order valence-electron chi connectivity index (χ0n) is 9.58. The van der Waals surface area contributed by atoms with Crippen LogP contribution in [-0.4, -0.2) is 12.6 Å². The van der Waals surface area contributed by atoms with Gasteiger partial charge in [0.1, 0.15) is 0 Å². The van der Waals surface area contributed by atoms with Crippen molar-refractivity contribution in [3.63, 3.8) is 0 Å². The summed E-state index contributed by atoms with van der Waals surface area (Å²) in [4.78, 5) is 0. The Morgan fingerprint density at radius 2 is 2.00 bits per heavy atom. The maximum Gasteiger partial charge on any atom is 0.0136 e. The summed E-state index contributed by atoms with van der Waals surface area (Å²) in [6, 6.07) is 11.6. The van der Waals surface area contributed by atoms with Crippen molar-refractivity contribution in [3.8, 4) is 0 Å². The molecule has 1 aromatic rings. The molecule has 1 N–H and O–H groups in total. The molecule has 0 spiro atoms. The van der Waals surface area contributed by atoms with Gasteiger partial charge in [0.05, 0.1) is 0 Å². The van der Waals surface area contributed by atoms with Crippen molar-refractivity contribution in [3.05, 3.63) is 35.9 Å². The highest BCUT2D eigenvalue weighted by Crippen LogP contribution is 2.34. The van der Waals surface area contributed by atoms with Gasteiger partial charge in [-0.2, -0.15) is 0 Å². The maximum atomic E-state index is 3.68. The first-order valence-corrected chi connectivity index (χ1v) is 6.17. The number of hydrogen-bond acceptors (Lipinski definition) is 1. The number of hydrogen-bond donors (Lipinski definition) is 1. The Bertz CT molecular complexity index is 277. The summed E-state index contributed by atoms with van der Waals surface area (Å²) in [6.07, 6.45) is 5.28. The topological polar surface area (TPSA) is 12.0 Å². The summed E-state index contributed by atoms with van der Waals surface area (Å²) in [7, 11) is 0. The van der Waals surface area contributed by atoms with E-state index in [9.17, 15) is 0 Å². The Balaban J connectivity index is 1.88. The fourth-order valence-electron chi connectivity index (χ4n) is 2.10. The van der Waals surface area contributed by atoms with E-state index >= 15 is 0 Å². The smallest absolute Gasteiger partial charge is 0.0136 e. The highest BCUT2D eigenvalue weighted by Gasteiger charge is 2.30. The van der Waals surface area contributed by atoms with Crippen molar-refractivity contribution < 1.29 is 0 Å². The van der Waals surface area contributed by atoms with Crippen LogP contribution in [-0.2, 0) is 6.42 Å². The molecule has 15 heavy (non-hydrogen) atoms. The van der Waals surface area contributed by atoms with E-state index < -0.39 is 0 Å². The minimum Gasteiger partial charge on any atom is -0.313 e. The van der Waals surface area contributed by atoms with Crippen molar-refractivity contribution in [1.29, 1.82) is 0 Å². The third-order valence-electron chi connectivity index (χ3n) is 3.15. The second-order valence-electron chi connectivity index (χ2n) is 4.59. The van der Waals surface area contributed by atoms with E-state index in [-0.39, 0.29) is 0 Å². The Hall–Kier alpha value is -0.820. The summed E-state index contributed by atoms with van der Waals surface area (Å²) in [5.74, 6) is 0.941. The molecule has 1 saturated carbocycles. The molecule has 1 atom stereocenters. The van der Waals surface area contributed by atoms with E-state index in [1.807, 2.05) is 0 Å². The molecule has 1 aliphatic rings. The average molecular weight is 203 g/mol. The van der Waals surface area contributed by atoms with Gasteiger partial charge in [0.25, 0.3) is 0 Å². The largest absolute Gasteiger partial charge is 0.313 e. The third kappa shape index (κ3) is 3.35. The quantitative estimate of drug-likeness (QED) is 0.749. The molecule has 1 aliphatic carbocycles. The van der Waals surface area contributed by atoms with Crippen LogP contribution in [0.5, 0.6) is 0 Å². The van der Waals surface area contributed by atoms with Gasteiger partial charge in [0, 0.05) is 6.04 Å². The molecule has 1 unspecified atom stereocenters. The van der Waals surface area contributed by atoms with Crippen molar-refractivity contribution in [2.75, 3.05) is 6.54 Å². The van der Waals surface area contributed by atoms with Crippen molar-refractivity contribution >= 4 is 0 Å². The molecule has 1 fully saturated rings. The normalized spacial score (nSPS) is 17.7. The van der Waals surface area contributed by atoms with E-state index in [4.69, 9.17) is 0 Å². The Labute approximate surface area is 92.9 Å². The lowest BCUT2D eigenvalue weighted by Gasteiger charge is -2.17. The van der Waals surface area contributed by atoms with Gasteiger partial charge < -0.3 is 5.32 Å². The molecule has 0 amide bonds. The first kappa shape index (κ1) is 10.7. The minimum absolute atomic E-state index is 0.715. The summed E-state index contributed by atoms with van der Waals surface area (Å²) in [6.45, 7) is 3.40. The standard InChI is InChI=1S/C14H21N/c1-2-10-15-14(13-8-9-13)11-12-6-4-3-5-7-12/h3-7,13-15H,2,8-11H2,1H3. The first-order valence-electron chi connectivity index (χ1n) is 6.17. The van der Waals surface area contributed by atoms with E-state index in [1.165, 1.54) is 31.2 Å². The Morgan fingerprint density at radius 3 is 2.60 bits per heavy atom. The zero-order chi connectivity index (χ0) is 10.5. The third-order valence-corrected chi connectivity index (χ3v) is 3.15. The molecule has 1 aromatic carbocycles. The summed E-state index contributed by atoms with van der Waals surface area (Å²) >= 11 is 0. The number of nitrogens with one attached hydrogen (secondary N) is 1. The predicted molar refractivity (Wildman–Crippen MR) is 65.0 cm³/mol. The summed E-state index contributed by atoms with van der Waals surface area (Å²) in [5.41, 5.74) is 1.47. The fraction of sp³-hybridized carbons (Fsp3) is 0.571. The second kappa shape index (κ2) is 5.32. The molecule has 0 bridgehead atoms. The summed E-state index contributed by atoms with van der Waals surface area (Å²) < 4.78 is 0. The van der Waals surface area contributed by atoms with Gasteiger partial charge in [-0.1, -0.05) is 37.3 Å². The fourth-order valence-corrected chi connectivity index (χ4v) is 2.10. The molecular weight excluding hydrogens is 182 g/mol. The molecule has 2 rings (SSSR count). The Morgan fingerprint density at radius 1 is 1.27 bits per heavy atom. The Kier molecular flexibility index (Phi) is 3.79. The molecule has 0 radical (unpaired) electrons. The van der Waals surface area contributed by atoms with E-state index in [2.05, 4.69) is 42.6 Å². The number of rotatable bonds is 6. The van der Waals surface area contributed by atoms with Crippen molar-refractivity contribution in [1.82, 2.24) is 5.32 Å². The van der Waals surface area contributed by atoms with Crippen LogP contribution in [0.25, 0.3) is 0 Å². The molecule has 1 heteroatoms. The minimum atomic E-state index is 0.715. The van der Waals surface area contributed by atoms with Gasteiger partial charge in [-0.05, 0) is 43.7 Å². The van der Waals surface area contributed by atoms with Gasteiger partial charge in [0.2, 0.25) is 0 Å². The van der Waals surface area contributed by atoms with Crippen LogP contribution in [0.3, 0.4) is 0 Å². The van der Waals surface area contributed by atoms with E-state index in [0.717, 1.165) is 12.5 Å². The summed E-state index contributed by atoms with van der Waals surface area (Å²) in [5, 5.41) is 3.68. The lowest BCUT2D eigenvalue weighted by Crippen LogP contribution is -2.33. The SMILES string of the molecule is CCCNC(Cc1ccccc1)C1CC1. The molecule has 0 aliphatic heterocycles. The highest BCUT2D eigenvalue weighted by atomic mass is 14.9. The highest BCUT2D eigenvalue weighted by molar-refractivity contribution is 5.16. The lowest BCUT2D eigenvalue weighted by molar-refractivity contribution is 0.460. The van der Waals surface area contributed by atoms with Crippen LogP contribution in [0.4, 0.5) is 0 Å². The van der Waals surface area contributed by atoms with Crippen LogP contribution in [0.15, 0.2) is 30.3 Å². The van der Waals surface area contributed by atoms with Crippen LogP contribution < -0.4 is 5.32 Å². The van der Waals surface area contributed by atoms with Crippen LogP contribution in [0, 0.1) is 5.92 Å². The van der Waals surface area contributed by atoms with Crippen molar-refractivity contribution in [2.24, 2.45) is 5.92 Å². The van der Waals surface area contributed by atoms with E-state index in [0.29, 0.717) is 6.04 Å².